The van der Waals surface area contributed by atoms with Crippen molar-refractivity contribution >= 4 is 21.9 Å². The van der Waals surface area contributed by atoms with Crippen molar-refractivity contribution in [2.75, 3.05) is 0 Å². The third-order valence-corrected chi connectivity index (χ3v) is 1.83. The standard InChI is InChI=1S/C7H4N4O/c1-2-6-7(9-11-8-6)4-3-12-10-5(1)4/h1-3H,(H,8,9,11). The average Bonchev–Trinajstić information content (AvgIpc) is 2.71. The summed E-state index contributed by atoms with van der Waals surface area (Å²) >= 11 is 0. The van der Waals surface area contributed by atoms with Crippen LogP contribution in [0, 0.1) is 0 Å². The summed E-state index contributed by atoms with van der Waals surface area (Å²) in [4.78, 5) is 0. The second-order valence-corrected chi connectivity index (χ2v) is 2.50. The molecule has 0 atom stereocenters. The summed E-state index contributed by atoms with van der Waals surface area (Å²) in [6.45, 7) is 0. The first-order chi connectivity index (χ1) is 5.95. The molecule has 0 fully saturated rings. The van der Waals surface area contributed by atoms with Gasteiger partial charge in [0.2, 0.25) is 0 Å². The van der Waals surface area contributed by atoms with E-state index in [1.807, 2.05) is 12.1 Å². The molecule has 2 aromatic heterocycles. The van der Waals surface area contributed by atoms with E-state index < -0.39 is 0 Å². The molecule has 0 amide bonds. The summed E-state index contributed by atoms with van der Waals surface area (Å²) < 4.78 is 4.81. The number of rotatable bonds is 0. The fourth-order valence-corrected chi connectivity index (χ4v) is 1.25. The van der Waals surface area contributed by atoms with Crippen molar-refractivity contribution in [1.82, 2.24) is 20.6 Å². The molecule has 12 heavy (non-hydrogen) atoms. The fraction of sp³-hybridized carbons (Fsp3) is 0. The van der Waals surface area contributed by atoms with Gasteiger partial charge in [-0.2, -0.15) is 15.4 Å². The summed E-state index contributed by atoms with van der Waals surface area (Å²) in [6, 6.07) is 3.70. The topological polar surface area (TPSA) is 67.6 Å². The number of benzene rings is 1. The van der Waals surface area contributed by atoms with Gasteiger partial charge in [0.05, 0.1) is 5.39 Å². The number of aromatic nitrogens is 4. The predicted octanol–water partition coefficient (Wildman–Crippen LogP) is 1.10. The lowest BCUT2D eigenvalue weighted by molar-refractivity contribution is 0.428. The lowest BCUT2D eigenvalue weighted by Gasteiger charge is -1.83. The van der Waals surface area contributed by atoms with Crippen molar-refractivity contribution in [2.24, 2.45) is 0 Å². The van der Waals surface area contributed by atoms with Gasteiger partial charge in [0.15, 0.2) is 0 Å². The largest absolute Gasteiger partial charge is 0.363 e. The van der Waals surface area contributed by atoms with Crippen molar-refractivity contribution < 1.29 is 4.52 Å². The van der Waals surface area contributed by atoms with Gasteiger partial charge in [0.1, 0.15) is 22.8 Å². The van der Waals surface area contributed by atoms with Crippen LogP contribution in [-0.2, 0) is 0 Å². The van der Waals surface area contributed by atoms with E-state index in [0.717, 1.165) is 21.9 Å². The van der Waals surface area contributed by atoms with Crippen LogP contribution >= 0.6 is 0 Å². The smallest absolute Gasteiger partial charge is 0.134 e. The number of aromatic amines is 1. The zero-order chi connectivity index (χ0) is 7.97. The lowest BCUT2D eigenvalue weighted by atomic mass is 10.2. The number of hydrogen-bond acceptors (Lipinski definition) is 4. The van der Waals surface area contributed by atoms with Crippen molar-refractivity contribution in [3.63, 3.8) is 0 Å². The van der Waals surface area contributed by atoms with E-state index in [0.29, 0.717) is 0 Å². The third-order valence-electron chi connectivity index (χ3n) is 1.83. The molecule has 0 spiro atoms. The molecule has 3 rings (SSSR count). The Morgan fingerprint density at radius 2 is 2.08 bits per heavy atom. The van der Waals surface area contributed by atoms with Crippen LogP contribution in [-0.4, -0.2) is 20.6 Å². The molecule has 0 aliphatic heterocycles. The number of H-pyrrole nitrogens is 1. The summed E-state index contributed by atoms with van der Waals surface area (Å²) in [5, 5.41) is 15.2. The molecule has 0 bridgehead atoms. The van der Waals surface area contributed by atoms with E-state index in [1.165, 1.54) is 0 Å². The first-order valence-electron chi connectivity index (χ1n) is 3.49. The maximum Gasteiger partial charge on any atom is 0.134 e. The van der Waals surface area contributed by atoms with Crippen molar-refractivity contribution in [1.29, 1.82) is 0 Å². The summed E-state index contributed by atoms with van der Waals surface area (Å²) in [6.07, 6.45) is 1.57. The minimum atomic E-state index is 0.800. The van der Waals surface area contributed by atoms with E-state index in [9.17, 15) is 0 Å². The summed E-state index contributed by atoms with van der Waals surface area (Å²) in [5.41, 5.74) is 2.43. The van der Waals surface area contributed by atoms with E-state index in [4.69, 9.17) is 4.52 Å². The number of nitrogens with zero attached hydrogens (tertiary/aromatic N) is 3. The van der Waals surface area contributed by atoms with Gasteiger partial charge in [-0.1, -0.05) is 5.16 Å². The molecule has 0 unspecified atom stereocenters. The minimum Gasteiger partial charge on any atom is -0.363 e. The second kappa shape index (κ2) is 1.82. The summed E-state index contributed by atoms with van der Waals surface area (Å²) in [7, 11) is 0. The fourth-order valence-electron chi connectivity index (χ4n) is 1.25. The van der Waals surface area contributed by atoms with Gasteiger partial charge in [-0.3, -0.25) is 0 Å². The van der Waals surface area contributed by atoms with Gasteiger partial charge < -0.3 is 4.52 Å². The first kappa shape index (κ1) is 5.70. The van der Waals surface area contributed by atoms with Crippen LogP contribution in [0.15, 0.2) is 22.9 Å². The number of nitrogens with one attached hydrogen (secondary N) is 1. The first-order valence-corrected chi connectivity index (χ1v) is 3.49. The maximum absolute atomic E-state index is 4.81. The molecule has 5 heteroatoms. The van der Waals surface area contributed by atoms with Crippen molar-refractivity contribution in [2.45, 2.75) is 0 Å². The predicted molar refractivity (Wildman–Crippen MR) is 41.5 cm³/mol. The minimum absolute atomic E-state index is 0.800. The Balaban J connectivity index is 2.71. The quantitative estimate of drug-likeness (QED) is 0.534. The van der Waals surface area contributed by atoms with Gasteiger partial charge in [-0.25, -0.2) is 0 Å². The van der Waals surface area contributed by atoms with Gasteiger partial charge in [-0.05, 0) is 12.1 Å². The highest BCUT2D eigenvalue weighted by molar-refractivity contribution is 6.01. The Morgan fingerprint density at radius 3 is 3.08 bits per heavy atom. The molecule has 58 valence electrons. The Hall–Kier alpha value is -1.91. The maximum atomic E-state index is 4.81. The Bertz CT molecular complexity index is 489. The van der Waals surface area contributed by atoms with Crippen LogP contribution in [0.4, 0.5) is 0 Å². The molecule has 0 saturated carbocycles. The molecular weight excluding hydrogens is 156 g/mol. The van der Waals surface area contributed by atoms with Crippen molar-refractivity contribution in [3.05, 3.63) is 18.4 Å². The molecule has 0 radical (unpaired) electrons. The highest BCUT2D eigenvalue weighted by Crippen LogP contribution is 2.20. The van der Waals surface area contributed by atoms with Gasteiger partial charge >= 0.3 is 0 Å². The highest BCUT2D eigenvalue weighted by Gasteiger charge is 2.05. The molecule has 5 nitrogen and oxygen atoms in total. The Labute approximate surface area is 66.3 Å². The zero-order valence-electron chi connectivity index (χ0n) is 5.98. The molecule has 1 aromatic carbocycles. The van der Waals surface area contributed by atoms with Crippen LogP contribution in [0.25, 0.3) is 21.9 Å². The van der Waals surface area contributed by atoms with Gasteiger partial charge in [-0.15, -0.1) is 0 Å². The molecule has 0 aliphatic carbocycles. The third kappa shape index (κ3) is 0.554. The van der Waals surface area contributed by atoms with Gasteiger partial charge in [0.25, 0.3) is 0 Å². The monoisotopic (exact) mass is 160 g/mol. The second-order valence-electron chi connectivity index (χ2n) is 2.50. The molecule has 3 aromatic rings. The summed E-state index contributed by atoms with van der Waals surface area (Å²) in [5.74, 6) is 0. The van der Waals surface area contributed by atoms with E-state index >= 15 is 0 Å². The van der Waals surface area contributed by atoms with E-state index in [2.05, 4.69) is 20.6 Å². The van der Waals surface area contributed by atoms with Crippen LogP contribution in [0.5, 0.6) is 0 Å². The van der Waals surface area contributed by atoms with Crippen LogP contribution < -0.4 is 0 Å². The van der Waals surface area contributed by atoms with Crippen LogP contribution in [0.1, 0.15) is 0 Å². The SMILES string of the molecule is c1cc2n[nH]nc2c2conc12. The van der Waals surface area contributed by atoms with Crippen LogP contribution in [0.3, 0.4) is 0 Å². The zero-order valence-corrected chi connectivity index (χ0v) is 5.98. The Morgan fingerprint density at radius 1 is 1.17 bits per heavy atom. The normalized spacial score (nSPS) is 11.3. The van der Waals surface area contributed by atoms with E-state index in [-0.39, 0.29) is 0 Å². The van der Waals surface area contributed by atoms with E-state index in [1.54, 1.807) is 6.26 Å². The molecule has 0 saturated heterocycles. The molecule has 1 N–H and O–H groups in total. The molecule has 2 heterocycles. The molecule has 0 aliphatic rings. The van der Waals surface area contributed by atoms with Crippen molar-refractivity contribution in [3.8, 4) is 0 Å². The number of fused-ring (bicyclic) bond motifs is 3. The van der Waals surface area contributed by atoms with Crippen LogP contribution in [0.2, 0.25) is 0 Å². The average molecular weight is 160 g/mol. The number of hydrogen-bond donors (Lipinski definition) is 1. The van der Waals surface area contributed by atoms with Gasteiger partial charge in [0, 0.05) is 0 Å². The highest BCUT2D eigenvalue weighted by atomic mass is 16.5. The molecular formula is C7H4N4O. The Kier molecular flexibility index (Phi) is 0.864. The lowest BCUT2D eigenvalue weighted by Crippen LogP contribution is -1.71.